The second kappa shape index (κ2) is 5.21. The van der Waals surface area contributed by atoms with Crippen molar-refractivity contribution in [1.29, 1.82) is 0 Å². The van der Waals surface area contributed by atoms with Crippen LogP contribution in [0, 0.1) is 0 Å². The van der Waals surface area contributed by atoms with Crippen LogP contribution in [0.5, 0.6) is 0 Å². The third-order valence-corrected chi connectivity index (χ3v) is 2.42. The molecule has 0 aliphatic carbocycles. The van der Waals surface area contributed by atoms with E-state index in [0.29, 0.717) is 6.54 Å². The molecule has 0 radical (unpaired) electrons. The minimum Gasteiger partial charge on any atom is -0.448 e. The molecule has 0 aliphatic heterocycles. The molecule has 0 heterocycles. The van der Waals surface area contributed by atoms with Crippen LogP contribution in [0.2, 0.25) is 0 Å². The van der Waals surface area contributed by atoms with Gasteiger partial charge in [0.05, 0.1) is 0 Å². The monoisotopic (exact) mass is 230 g/mol. The van der Waals surface area contributed by atoms with Crippen LogP contribution in [0.15, 0.2) is 42.5 Å². The van der Waals surface area contributed by atoms with E-state index in [9.17, 15) is 4.79 Å². The van der Waals surface area contributed by atoms with Crippen molar-refractivity contribution in [3.63, 3.8) is 0 Å². The third-order valence-electron chi connectivity index (χ3n) is 2.42. The summed E-state index contributed by atoms with van der Waals surface area (Å²) >= 11 is 0. The molecule has 0 saturated carbocycles. The summed E-state index contributed by atoms with van der Waals surface area (Å²) in [6, 6.07) is 14.2. The zero-order valence-corrected chi connectivity index (χ0v) is 9.35. The van der Waals surface area contributed by atoms with Crippen molar-refractivity contribution in [3.05, 3.63) is 42.5 Å². The quantitative estimate of drug-likeness (QED) is 0.792. The van der Waals surface area contributed by atoms with E-state index in [1.54, 1.807) is 0 Å². The maximum absolute atomic E-state index is 10.4. The number of nitrogens with two attached hydrogens (primary N) is 1. The molecule has 2 rings (SSSR count). The Morgan fingerprint density at radius 1 is 1.18 bits per heavy atom. The van der Waals surface area contributed by atoms with Crippen LogP contribution in [0.4, 0.5) is 10.5 Å². The summed E-state index contributed by atoms with van der Waals surface area (Å²) in [7, 11) is 0. The van der Waals surface area contributed by atoms with Crippen LogP contribution < -0.4 is 11.1 Å². The number of hydrogen-bond donors (Lipinski definition) is 2. The molecule has 3 N–H and O–H groups in total. The highest BCUT2D eigenvalue weighted by molar-refractivity contribution is 5.85. The largest absolute Gasteiger partial charge is 0.448 e. The van der Waals surface area contributed by atoms with Crippen LogP contribution in [0.3, 0.4) is 0 Å². The molecule has 0 aromatic heterocycles. The van der Waals surface area contributed by atoms with E-state index in [1.807, 2.05) is 24.3 Å². The number of amides is 1. The van der Waals surface area contributed by atoms with Crippen LogP contribution in [0.25, 0.3) is 10.8 Å². The molecule has 0 fully saturated rings. The maximum atomic E-state index is 10.4. The van der Waals surface area contributed by atoms with Crippen molar-refractivity contribution in [3.8, 4) is 0 Å². The van der Waals surface area contributed by atoms with Crippen LogP contribution in [0.1, 0.15) is 0 Å². The lowest BCUT2D eigenvalue weighted by molar-refractivity contribution is 0.161. The van der Waals surface area contributed by atoms with E-state index in [4.69, 9.17) is 5.73 Å². The van der Waals surface area contributed by atoms with E-state index in [0.717, 1.165) is 5.69 Å². The summed E-state index contributed by atoms with van der Waals surface area (Å²) in [6.45, 7) is 0.809. The number of ether oxygens (including phenoxy) is 1. The van der Waals surface area contributed by atoms with Gasteiger partial charge in [0.15, 0.2) is 0 Å². The van der Waals surface area contributed by atoms with Gasteiger partial charge in [0.1, 0.15) is 6.61 Å². The number of hydrogen-bond acceptors (Lipinski definition) is 3. The molecule has 0 atom stereocenters. The zero-order valence-electron chi connectivity index (χ0n) is 9.35. The van der Waals surface area contributed by atoms with E-state index in [1.165, 1.54) is 10.8 Å². The van der Waals surface area contributed by atoms with Gasteiger partial charge in [-0.25, -0.2) is 4.79 Å². The van der Waals surface area contributed by atoms with E-state index in [-0.39, 0.29) is 6.61 Å². The Morgan fingerprint density at radius 3 is 2.71 bits per heavy atom. The van der Waals surface area contributed by atoms with Gasteiger partial charge in [0, 0.05) is 12.2 Å². The van der Waals surface area contributed by atoms with Crippen LogP contribution in [-0.2, 0) is 4.74 Å². The molecular formula is C13H14N2O2. The van der Waals surface area contributed by atoms with Gasteiger partial charge in [-0.3, -0.25) is 0 Å². The molecule has 4 heteroatoms. The fourth-order valence-electron chi connectivity index (χ4n) is 1.65. The first-order valence-electron chi connectivity index (χ1n) is 5.40. The smallest absolute Gasteiger partial charge is 0.404 e. The predicted octanol–water partition coefficient (Wildman–Crippen LogP) is 2.35. The lowest BCUT2D eigenvalue weighted by Crippen LogP contribution is -2.18. The standard InChI is InChI=1S/C13H14N2O2/c14-13(16)17-8-7-15-12-6-5-10-3-1-2-4-11(10)9-12/h1-6,9,15H,7-8H2,(H2,14,16). The average molecular weight is 230 g/mol. The highest BCUT2D eigenvalue weighted by Gasteiger charge is 1.96. The fraction of sp³-hybridized carbons (Fsp3) is 0.154. The zero-order chi connectivity index (χ0) is 12.1. The molecule has 2 aromatic carbocycles. The molecule has 1 amide bonds. The van der Waals surface area contributed by atoms with Crippen molar-refractivity contribution >= 4 is 22.6 Å². The van der Waals surface area contributed by atoms with Crippen molar-refractivity contribution < 1.29 is 9.53 Å². The summed E-state index contributed by atoms with van der Waals surface area (Å²) in [5.41, 5.74) is 5.85. The summed E-state index contributed by atoms with van der Waals surface area (Å²) in [4.78, 5) is 10.4. The average Bonchev–Trinajstić information content (AvgIpc) is 2.34. The van der Waals surface area contributed by atoms with Gasteiger partial charge in [-0.1, -0.05) is 30.3 Å². The Kier molecular flexibility index (Phi) is 3.45. The molecule has 4 nitrogen and oxygen atoms in total. The molecule has 17 heavy (non-hydrogen) atoms. The van der Waals surface area contributed by atoms with Gasteiger partial charge in [0.2, 0.25) is 0 Å². The van der Waals surface area contributed by atoms with E-state index in [2.05, 4.69) is 28.3 Å². The van der Waals surface area contributed by atoms with Gasteiger partial charge >= 0.3 is 6.09 Å². The van der Waals surface area contributed by atoms with Crippen molar-refractivity contribution in [2.24, 2.45) is 5.73 Å². The number of carbonyl (C=O) groups excluding carboxylic acids is 1. The first-order chi connectivity index (χ1) is 8.25. The van der Waals surface area contributed by atoms with Gasteiger partial charge in [-0.2, -0.15) is 0 Å². The molecule has 0 spiro atoms. The number of anilines is 1. The third kappa shape index (κ3) is 3.11. The normalized spacial score (nSPS) is 10.1. The molecule has 88 valence electrons. The molecule has 0 bridgehead atoms. The maximum Gasteiger partial charge on any atom is 0.404 e. The number of nitrogens with one attached hydrogen (secondary N) is 1. The van der Waals surface area contributed by atoms with Gasteiger partial charge < -0.3 is 15.8 Å². The number of benzene rings is 2. The molecule has 0 aliphatic rings. The minimum absolute atomic E-state index is 0.266. The Hall–Kier alpha value is -2.23. The van der Waals surface area contributed by atoms with Gasteiger partial charge in [-0.15, -0.1) is 0 Å². The number of carbonyl (C=O) groups is 1. The SMILES string of the molecule is NC(=O)OCCNc1ccc2ccccc2c1. The second-order valence-electron chi connectivity index (χ2n) is 3.66. The molecule has 2 aromatic rings. The van der Waals surface area contributed by atoms with Gasteiger partial charge in [0.25, 0.3) is 0 Å². The van der Waals surface area contributed by atoms with Crippen LogP contribution >= 0.6 is 0 Å². The lowest BCUT2D eigenvalue weighted by Gasteiger charge is -2.07. The highest BCUT2D eigenvalue weighted by Crippen LogP contribution is 2.18. The summed E-state index contributed by atoms with van der Waals surface area (Å²) in [5.74, 6) is 0. The summed E-state index contributed by atoms with van der Waals surface area (Å²) < 4.78 is 4.63. The second-order valence-corrected chi connectivity index (χ2v) is 3.66. The van der Waals surface area contributed by atoms with Crippen molar-refractivity contribution in [2.75, 3.05) is 18.5 Å². The Balaban J connectivity index is 1.97. The first kappa shape index (κ1) is 11.3. The van der Waals surface area contributed by atoms with Crippen molar-refractivity contribution in [1.82, 2.24) is 0 Å². The highest BCUT2D eigenvalue weighted by atomic mass is 16.5. The van der Waals surface area contributed by atoms with E-state index < -0.39 is 6.09 Å². The van der Waals surface area contributed by atoms with Crippen LogP contribution in [-0.4, -0.2) is 19.2 Å². The number of primary amides is 1. The Bertz CT molecular complexity index is 526. The Labute approximate surface area is 99.4 Å². The fourth-order valence-corrected chi connectivity index (χ4v) is 1.65. The summed E-state index contributed by atoms with van der Waals surface area (Å²) in [6.07, 6.45) is -0.745. The Morgan fingerprint density at radius 2 is 1.94 bits per heavy atom. The van der Waals surface area contributed by atoms with E-state index >= 15 is 0 Å². The predicted molar refractivity (Wildman–Crippen MR) is 68.0 cm³/mol. The molecule has 0 unspecified atom stereocenters. The minimum atomic E-state index is -0.745. The topological polar surface area (TPSA) is 64.4 Å². The molecular weight excluding hydrogens is 216 g/mol. The lowest BCUT2D eigenvalue weighted by atomic mass is 10.1. The number of rotatable bonds is 4. The first-order valence-corrected chi connectivity index (χ1v) is 5.40. The number of fused-ring (bicyclic) bond motifs is 1. The van der Waals surface area contributed by atoms with Gasteiger partial charge in [-0.05, 0) is 22.9 Å². The molecule has 0 saturated heterocycles. The van der Waals surface area contributed by atoms with Crippen molar-refractivity contribution in [2.45, 2.75) is 0 Å². The summed E-state index contributed by atoms with van der Waals surface area (Å²) in [5, 5.41) is 5.53.